The Kier molecular flexibility index (Phi) is 3.76. The summed E-state index contributed by atoms with van der Waals surface area (Å²) < 4.78 is 0. The fourth-order valence-corrected chi connectivity index (χ4v) is 0.640. The number of hydrogen-bond donors (Lipinski definition) is 4. The number of aliphatic hydroxyl groups is 1. The van der Waals surface area contributed by atoms with Crippen molar-refractivity contribution in [2.45, 2.75) is 26.4 Å². The smallest absolute Gasteiger partial charge is 0.117 e. The molecule has 0 amide bonds. The van der Waals surface area contributed by atoms with Gasteiger partial charge in [0.25, 0.3) is 0 Å². The van der Waals surface area contributed by atoms with E-state index in [2.05, 4.69) is 5.32 Å². The molecule has 0 unspecified atom stereocenters. The summed E-state index contributed by atoms with van der Waals surface area (Å²) in [4.78, 5) is 0. The van der Waals surface area contributed by atoms with E-state index in [1.54, 1.807) is 20.8 Å². The van der Waals surface area contributed by atoms with E-state index in [9.17, 15) is 5.11 Å². The van der Waals surface area contributed by atoms with Crippen LogP contribution in [0.2, 0.25) is 0 Å². The lowest BCUT2D eigenvalue weighted by atomic mass is 10.1. The third kappa shape index (κ3) is 7.08. The number of amidine groups is 1. The third-order valence-corrected chi connectivity index (χ3v) is 1.17. The van der Waals surface area contributed by atoms with Crippen LogP contribution in [0.4, 0.5) is 0 Å². The summed E-state index contributed by atoms with van der Waals surface area (Å²) in [5.41, 5.74) is 5.17. The number of hydrogen-bond acceptors (Lipinski definition) is 3. The SMILES string of the molecule is C/C(=C/C(=N)N)NCC(C)(C)O. The molecule has 70 valence electrons. The molecular formula is C8H17N3O. The number of nitrogens with two attached hydrogens (primary N) is 1. The van der Waals surface area contributed by atoms with E-state index in [-0.39, 0.29) is 5.84 Å². The van der Waals surface area contributed by atoms with Gasteiger partial charge in [-0.05, 0) is 26.8 Å². The molecule has 0 saturated heterocycles. The summed E-state index contributed by atoms with van der Waals surface area (Å²) in [5.74, 6) is 0.00995. The zero-order valence-corrected chi connectivity index (χ0v) is 7.81. The predicted molar refractivity (Wildman–Crippen MR) is 50.0 cm³/mol. The minimum atomic E-state index is -0.744. The van der Waals surface area contributed by atoms with Gasteiger partial charge >= 0.3 is 0 Å². The Bertz CT molecular complexity index is 191. The van der Waals surface area contributed by atoms with E-state index < -0.39 is 5.60 Å². The van der Waals surface area contributed by atoms with Gasteiger partial charge in [-0.3, -0.25) is 5.41 Å². The van der Waals surface area contributed by atoms with Crippen molar-refractivity contribution in [1.82, 2.24) is 5.32 Å². The maximum absolute atomic E-state index is 9.33. The monoisotopic (exact) mass is 171 g/mol. The van der Waals surface area contributed by atoms with Crippen molar-refractivity contribution in [3.63, 3.8) is 0 Å². The molecule has 0 spiro atoms. The number of nitrogens with one attached hydrogen (secondary N) is 2. The van der Waals surface area contributed by atoms with Gasteiger partial charge in [-0.25, -0.2) is 0 Å². The molecule has 4 heteroatoms. The van der Waals surface area contributed by atoms with Crippen LogP contribution in [0.15, 0.2) is 11.8 Å². The molecule has 0 aromatic heterocycles. The van der Waals surface area contributed by atoms with E-state index in [4.69, 9.17) is 11.1 Å². The highest BCUT2D eigenvalue weighted by Gasteiger charge is 2.10. The highest BCUT2D eigenvalue weighted by Crippen LogP contribution is 1.98. The summed E-state index contributed by atoms with van der Waals surface area (Å²) >= 11 is 0. The van der Waals surface area contributed by atoms with Gasteiger partial charge in [0.1, 0.15) is 5.84 Å². The van der Waals surface area contributed by atoms with Crippen molar-refractivity contribution in [2.75, 3.05) is 6.54 Å². The van der Waals surface area contributed by atoms with Crippen molar-refractivity contribution in [3.8, 4) is 0 Å². The molecule has 0 aliphatic heterocycles. The first kappa shape index (κ1) is 11.0. The molecule has 0 radical (unpaired) electrons. The topological polar surface area (TPSA) is 82.1 Å². The lowest BCUT2D eigenvalue weighted by molar-refractivity contribution is 0.0826. The summed E-state index contributed by atoms with van der Waals surface area (Å²) in [7, 11) is 0. The highest BCUT2D eigenvalue weighted by atomic mass is 16.3. The minimum absolute atomic E-state index is 0.00995. The Morgan fingerprint density at radius 3 is 2.50 bits per heavy atom. The van der Waals surface area contributed by atoms with Gasteiger partial charge < -0.3 is 16.2 Å². The molecule has 0 aliphatic carbocycles. The predicted octanol–water partition coefficient (Wildman–Crippen LogP) is 0.187. The van der Waals surface area contributed by atoms with Crippen LogP contribution in [0, 0.1) is 5.41 Å². The van der Waals surface area contributed by atoms with Crippen molar-refractivity contribution in [2.24, 2.45) is 5.73 Å². The molecule has 0 heterocycles. The molecular weight excluding hydrogens is 154 g/mol. The lowest BCUT2D eigenvalue weighted by Crippen LogP contribution is -2.34. The summed E-state index contributed by atoms with van der Waals surface area (Å²) in [6.45, 7) is 5.66. The molecule has 0 aliphatic rings. The van der Waals surface area contributed by atoms with Gasteiger partial charge in [0, 0.05) is 12.2 Å². The van der Waals surface area contributed by atoms with E-state index in [0.29, 0.717) is 6.54 Å². The van der Waals surface area contributed by atoms with Gasteiger partial charge in [-0.15, -0.1) is 0 Å². The standard InChI is InChI=1S/C8H17N3O/c1-6(4-7(9)10)11-5-8(2,3)12/h4,11-12H,5H2,1-3H3,(H3,9,10)/b6-4-. The molecule has 0 atom stereocenters. The third-order valence-electron chi connectivity index (χ3n) is 1.17. The summed E-state index contributed by atoms with van der Waals surface area (Å²) in [6.07, 6.45) is 1.51. The van der Waals surface area contributed by atoms with Crippen molar-refractivity contribution in [1.29, 1.82) is 5.41 Å². The largest absolute Gasteiger partial charge is 0.389 e. The molecule has 0 bridgehead atoms. The highest BCUT2D eigenvalue weighted by molar-refractivity contribution is 5.88. The van der Waals surface area contributed by atoms with Gasteiger partial charge in [0.05, 0.1) is 5.60 Å². The Balaban J connectivity index is 3.87. The van der Waals surface area contributed by atoms with Crippen molar-refractivity contribution in [3.05, 3.63) is 11.8 Å². The molecule has 12 heavy (non-hydrogen) atoms. The van der Waals surface area contributed by atoms with Crippen molar-refractivity contribution < 1.29 is 5.11 Å². The minimum Gasteiger partial charge on any atom is -0.389 e. The van der Waals surface area contributed by atoms with Crippen LogP contribution in [0.3, 0.4) is 0 Å². The summed E-state index contributed by atoms with van der Waals surface area (Å²) in [5, 5.41) is 19.2. The van der Waals surface area contributed by atoms with Crippen LogP contribution in [0.25, 0.3) is 0 Å². The molecule has 0 saturated carbocycles. The Labute approximate surface area is 73.0 Å². The van der Waals surface area contributed by atoms with Gasteiger partial charge in [-0.1, -0.05) is 0 Å². The van der Waals surface area contributed by atoms with Crippen molar-refractivity contribution >= 4 is 5.84 Å². The quantitative estimate of drug-likeness (QED) is 0.360. The van der Waals surface area contributed by atoms with Gasteiger partial charge in [0.2, 0.25) is 0 Å². The zero-order chi connectivity index (χ0) is 9.78. The van der Waals surface area contributed by atoms with Gasteiger partial charge in [0.15, 0.2) is 0 Å². The first-order valence-electron chi connectivity index (χ1n) is 3.80. The molecule has 0 aromatic rings. The second kappa shape index (κ2) is 4.11. The van der Waals surface area contributed by atoms with Crippen LogP contribution >= 0.6 is 0 Å². The number of allylic oxidation sites excluding steroid dienone is 1. The first-order chi connectivity index (χ1) is 5.31. The number of rotatable bonds is 4. The average molecular weight is 171 g/mol. The molecule has 4 nitrogen and oxygen atoms in total. The maximum atomic E-state index is 9.33. The maximum Gasteiger partial charge on any atom is 0.117 e. The fraction of sp³-hybridized carbons (Fsp3) is 0.625. The molecule has 0 fully saturated rings. The lowest BCUT2D eigenvalue weighted by Gasteiger charge is -2.18. The second-order valence-electron chi connectivity index (χ2n) is 3.45. The summed E-state index contributed by atoms with van der Waals surface area (Å²) in [6, 6.07) is 0. The second-order valence-corrected chi connectivity index (χ2v) is 3.45. The van der Waals surface area contributed by atoms with Crippen LogP contribution in [0.1, 0.15) is 20.8 Å². The Hall–Kier alpha value is -1.03. The van der Waals surface area contributed by atoms with E-state index >= 15 is 0 Å². The van der Waals surface area contributed by atoms with E-state index in [0.717, 1.165) is 5.70 Å². The normalized spacial score (nSPS) is 12.8. The first-order valence-corrected chi connectivity index (χ1v) is 3.80. The van der Waals surface area contributed by atoms with E-state index in [1.165, 1.54) is 6.08 Å². The fourth-order valence-electron chi connectivity index (χ4n) is 0.640. The van der Waals surface area contributed by atoms with E-state index in [1.807, 2.05) is 0 Å². The molecule has 5 N–H and O–H groups in total. The Morgan fingerprint density at radius 1 is 1.67 bits per heavy atom. The zero-order valence-electron chi connectivity index (χ0n) is 7.81. The average Bonchev–Trinajstić information content (AvgIpc) is 1.80. The van der Waals surface area contributed by atoms with Gasteiger partial charge in [-0.2, -0.15) is 0 Å². The Morgan fingerprint density at radius 2 is 2.17 bits per heavy atom. The van der Waals surface area contributed by atoms with Crippen LogP contribution in [0.5, 0.6) is 0 Å². The van der Waals surface area contributed by atoms with Crippen LogP contribution in [-0.2, 0) is 0 Å². The molecule has 0 rings (SSSR count). The van der Waals surface area contributed by atoms with Crippen LogP contribution < -0.4 is 11.1 Å². The molecule has 0 aromatic carbocycles. The van der Waals surface area contributed by atoms with Crippen LogP contribution in [-0.4, -0.2) is 23.1 Å².